The highest BCUT2D eigenvalue weighted by molar-refractivity contribution is 5.71. The molecule has 0 saturated heterocycles. The van der Waals surface area contributed by atoms with Crippen LogP contribution in [-0.4, -0.2) is 20.1 Å². The maximum atomic E-state index is 12.3. The van der Waals surface area contributed by atoms with Gasteiger partial charge in [-0.15, -0.1) is 0 Å². The molecule has 3 aromatic rings. The SMILES string of the molecule is Cc1ccccc1-c1c(O)nc(-c2ccccn2)[nH]c1=O. The lowest BCUT2D eigenvalue weighted by Crippen LogP contribution is -2.13. The fraction of sp³-hybridized carbons (Fsp3) is 0.0625. The molecule has 0 aliphatic carbocycles. The van der Waals surface area contributed by atoms with Crippen molar-refractivity contribution < 1.29 is 5.11 Å². The number of aryl methyl sites for hydroxylation is 1. The Morgan fingerprint density at radius 3 is 2.52 bits per heavy atom. The van der Waals surface area contributed by atoms with Crippen molar-refractivity contribution in [2.45, 2.75) is 6.92 Å². The van der Waals surface area contributed by atoms with Crippen molar-refractivity contribution in [2.75, 3.05) is 0 Å². The van der Waals surface area contributed by atoms with Crippen LogP contribution in [0.5, 0.6) is 5.88 Å². The van der Waals surface area contributed by atoms with Gasteiger partial charge in [-0.05, 0) is 30.2 Å². The Labute approximate surface area is 121 Å². The van der Waals surface area contributed by atoms with E-state index in [9.17, 15) is 9.90 Å². The lowest BCUT2D eigenvalue weighted by molar-refractivity contribution is 0.454. The van der Waals surface area contributed by atoms with Crippen molar-refractivity contribution in [1.82, 2.24) is 15.0 Å². The first-order valence-electron chi connectivity index (χ1n) is 6.47. The molecule has 0 fully saturated rings. The molecule has 0 aliphatic rings. The number of pyridine rings is 1. The van der Waals surface area contributed by atoms with E-state index >= 15 is 0 Å². The molecule has 2 aromatic heterocycles. The van der Waals surface area contributed by atoms with Crippen LogP contribution in [0, 0.1) is 6.92 Å². The minimum absolute atomic E-state index is 0.174. The lowest BCUT2D eigenvalue weighted by atomic mass is 10.0. The summed E-state index contributed by atoms with van der Waals surface area (Å²) in [6, 6.07) is 12.6. The highest BCUT2D eigenvalue weighted by Crippen LogP contribution is 2.27. The average Bonchev–Trinajstić information content (AvgIpc) is 2.49. The number of rotatable bonds is 2. The summed E-state index contributed by atoms with van der Waals surface area (Å²) in [6.07, 6.45) is 1.60. The summed E-state index contributed by atoms with van der Waals surface area (Å²) in [5, 5.41) is 10.2. The van der Waals surface area contributed by atoms with Crippen LogP contribution in [0.15, 0.2) is 53.5 Å². The first-order chi connectivity index (χ1) is 10.2. The number of hydrogen-bond acceptors (Lipinski definition) is 4. The normalized spacial score (nSPS) is 10.5. The second-order valence-corrected chi connectivity index (χ2v) is 4.64. The molecule has 0 amide bonds. The van der Waals surface area contributed by atoms with E-state index in [-0.39, 0.29) is 17.3 Å². The van der Waals surface area contributed by atoms with Gasteiger partial charge in [0.05, 0.1) is 0 Å². The fourth-order valence-electron chi connectivity index (χ4n) is 2.18. The monoisotopic (exact) mass is 279 g/mol. The van der Waals surface area contributed by atoms with Gasteiger partial charge < -0.3 is 10.1 Å². The third-order valence-corrected chi connectivity index (χ3v) is 3.22. The van der Waals surface area contributed by atoms with E-state index in [1.54, 1.807) is 30.5 Å². The molecule has 5 heteroatoms. The van der Waals surface area contributed by atoms with Crippen LogP contribution in [0.2, 0.25) is 0 Å². The minimum Gasteiger partial charge on any atom is -0.493 e. The van der Waals surface area contributed by atoms with E-state index < -0.39 is 5.56 Å². The molecule has 0 unspecified atom stereocenters. The third kappa shape index (κ3) is 2.41. The molecule has 5 nitrogen and oxygen atoms in total. The van der Waals surface area contributed by atoms with Crippen LogP contribution < -0.4 is 5.56 Å². The molecule has 0 spiro atoms. The van der Waals surface area contributed by atoms with Gasteiger partial charge in [0.2, 0.25) is 5.88 Å². The quantitative estimate of drug-likeness (QED) is 0.755. The van der Waals surface area contributed by atoms with Crippen LogP contribution >= 0.6 is 0 Å². The predicted octanol–water partition coefficient (Wildman–Crippen LogP) is 2.51. The van der Waals surface area contributed by atoms with Crippen molar-refractivity contribution in [3.63, 3.8) is 0 Å². The zero-order chi connectivity index (χ0) is 14.8. The number of aromatic nitrogens is 3. The Morgan fingerprint density at radius 2 is 1.86 bits per heavy atom. The van der Waals surface area contributed by atoms with Crippen molar-refractivity contribution in [2.24, 2.45) is 0 Å². The molecule has 3 rings (SSSR count). The van der Waals surface area contributed by atoms with Gasteiger partial charge in [0.1, 0.15) is 11.3 Å². The van der Waals surface area contributed by atoms with Gasteiger partial charge in [0, 0.05) is 6.20 Å². The van der Waals surface area contributed by atoms with E-state index in [0.29, 0.717) is 11.3 Å². The minimum atomic E-state index is -0.391. The van der Waals surface area contributed by atoms with Crippen molar-refractivity contribution in [3.8, 4) is 28.5 Å². The van der Waals surface area contributed by atoms with E-state index in [1.165, 1.54) is 0 Å². The second kappa shape index (κ2) is 5.20. The zero-order valence-electron chi connectivity index (χ0n) is 11.4. The number of aromatic amines is 1. The topological polar surface area (TPSA) is 78.9 Å². The van der Waals surface area contributed by atoms with Gasteiger partial charge in [-0.1, -0.05) is 30.3 Å². The highest BCUT2D eigenvalue weighted by atomic mass is 16.3. The summed E-state index contributed by atoms with van der Waals surface area (Å²) in [5.74, 6) is -0.0517. The van der Waals surface area contributed by atoms with Crippen molar-refractivity contribution in [1.29, 1.82) is 0 Å². The maximum absolute atomic E-state index is 12.3. The van der Waals surface area contributed by atoms with Crippen LogP contribution in [-0.2, 0) is 0 Å². The summed E-state index contributed by atoms with van der Waals surface area (Å²) in [4.78, 5) is 23.1. The van der Waals surface area contributed by atoms with Crippen molar-refractivity contribution in [3.05, 3.63) is 64.6 Å². The molecule has 0 saturated carbocycles. The summed E-state index contributed by atoms with van der Waals surface area (Å²) < 4.78 is 0. The Morgan fingerprint density at radius 1 is 1.10 bits per heavy atom. The molecule has 0 aliphatic heterocycles. The fourth-order valence-corrected chi connectivity index (χ4v) is 2.18. The first kappa shape index (κ1) is 13.1. The van der Waals surface area contributed by atoms with Gasteiger partial charge in [-0.25, -0.2) is 0 Å². The third-order valence-electron chi connectivity index (χ3n) is 3.22. The van der Waals surface area contributed by atoms with Gasteiger partial charge in [0.15, 0.2) is 5.82 Å². The molecule has 0 bridgehead atoms. The zero-order valence-corrected chi connectivity index (χ0v) is 11.4. The van der Waals surface area contributed by atoms with Gasteiger partial charge in [-0.2, -0.15) is 4.98 Å². The largest absolute Gasteiger partial charge is 0.493 e. The molecule has 0 atom stereocenters. The number of aromatic hydroxyl groups is 1. The number of nitrogens with one attached hydrogen (secondary N) is 1. The summed E-state index contributed by atoms with van der Waals surface area (Å²) in [5.41, 5.74) is 1.84. The van der Waals surface area contributed by atoms with Gasteiger partial charge in [-0.3, -0.25) is 9.78 Å². The smallest absolute Gasteiger partial charge is 0.262 e. The Bertz CT molecular complexity index is 842. The predicted molar refractivity (Wildman–Crippen MR) is 79.9 cm³/mol. The summed E-state index contributed by atoms with van der Waals surface area (Å²) in [7, 11) is 0. The van der Waals surface area contributed by atoms with Gasteiger partial charge in [0.25, 0.3) is 5.56 Å². The number of H-pyrrole nitrogens is 1. The molecule has 21 heavy (non-hydrogen) atoms. The van der Waals surface area contributed by atoms with Gasteiger partial charge >= 0.3 is 0 Å². The Balaban J connectivity index is 2.19. The second-order valence-electron chi connectivity index (χ2n) is 4.64. The standard InChI is InChI=1S/C16H13N3O2/c1-10-6-2-3-7-11(10)13-15(20)18-14(19-16(13)21)12-8-4-5-9-17-12/h2-9H,1H3,(H2,18,19,20,21). The molecule has 104 valence electrons. The van der Waals surface area contributed by atoms with Crippen LogP contribution in [0.1, 0.15) is 5.56 Å². The molecule has 2 heterocycles. The number of nitrogens with zero attached hydrogens (tertiary/aromatic N) is 2. The number of benzene rings is 1. The van der Waals surface area contributed by atoms with Crippen LogP contribution in [0.25, 0.3) is 22.6 Å². The first-order valence-corrected chi connectivity index (χ1v) is 6.47. The highest BCUT2D eigenvalue weighted by Gasteiger charge is 2.15. The summed E-state index contributed by atoms with van der Waals surface area (Å²) >= 11 is 0. The Hall–Kier alpha value is -2.95. The molecule has 0 radical (unpaired) electrons. The molecule has 1 aromatic carbocycles. The van der Waals surface area contributed by atoms with E-state index in [2.05, 4.69) is 15.0 Å². The molecule has 2 N–H and O–H groups in total. The van der Waals surface area contributed by atoms with Crippen LogP contribution in [0.3, 0.4) is 0 Å². The van der Waals surface area contributed by atoms with E-state index in [1.807, 2.05) is 25.1 Å². The van der Waals surface area contributed by atoms with Crippen LogP contribution in [0.4, 0.5) is 0 Å². The molecular weight excluding hydrogens is 266 g/mol. The lowest BCUT2D eigenvalue weighted by Gasteiger charge is -2.08. The van der Waals surface area contributed by atoms with E-state index in [0.717, 1.165) is 5.56 Å². The summed E-state index contributed by atoms with van der Waals surface area (Å²) in [6.45, 7) is 1.88. The molecular formula is C16H13N3O2. The maximum Gasteiger partial charge on any atom is 0.262 e. The average molecular weight is 279 g/mol. The number of hydrogen-bond donors (Lipinski definition) is 2. The van der Waals surface area contributed by atoms with Crippen molar-refractivity contribution >= 4 is 0 Å². The Kier molecular flexibility index (Phi) is 3.23. The van der Waals surface area contributed by atoms with E-state index in [4.69, 9.17) is 0 Å².